The molecule has 1 aliphatic carbocycles. The Morgan fingerprint density at radius 1 is 1.27 bits per heavy atom. The molecule has 1 aromatic rings. The average Bonchev–Trinajstić information content (AvgIpc) is 3.46. The molecule has 0 bridgehead atoms. The van der Waals surface area contributed by atoms with Crippen molar-refractivity contribution in [2.24, 2.45) is 5.92 Å². The van der Waals surface area contributed by atoms with Crippen LogP contribution < -0.4 is 4.74 Å². The summed E-state index contributed by atoms with van der Waals surface area (Å²) < 4.78 is 56.6. The number of ether oxygens (including phenoxy) is 1. The number of amides is 1. The SMILES string of the molecule is CC1(C)Oc2ccc(S(=O)C(F)(F)F)cc2[C@H](N2CCN(CC3CC3)CC2=O)[C@H]1O. The zero-order valence-corrected chi connectivity index (χ0v) is 17.6. The Kier molecular flexibility index (Phi) is 5.39. The lowest BCUT2D eigenvalue weighted by atomic mass is 9.85. The molecule has 0 radical (unpaired) electrons. The molecule has 166 valence electrons. The van der Waals surface area contributed by atoms with Gasteiger partial charge in [0.1, 0.15) is 17.5 Å². The van der Waals surface area contributed by atoms with Crippen LogP contribution in [0.4, 0.5) is 13.2 Å². The number of hydrogen-bond donors (Lipinski definition) is 1. The molecular formula is C20H25F3N2O4S. The quantitative estimate of drug-likeness (QED) is 0.770. The number of rotatable bonds is 4. The number of aliphatic hydroxyl groups is 1. The summed E-state index contributed by atoms with van der Waals surface area (Å²) in [6.07, 6.45) is 1.19. The second-order valence-electron chi connectivity index (χ2n) is 8.77. The molecule has 2 heterocycles. The van der Waals surface area contributed by atoms with Crippen molar-refractivity contribution >= 4 is 16.7 Å². The number of alkyl halides is 3. The third-order valence-corrected chi connectivity index (χ3v) is 7.10. The van der Waals surface area contributed by atoms with Crippen LogP contribution in [0.3, 0.4) is 0 Å². The Labute approximate surface area is 175 Å². The third kappa shape index (κ3) is 4.09. The molecule has 3 atom stereocenters. The third-order valence-electron chi connectivity index (χ3n) is 5.99. The molecule has 1 unspecified atom stereocenters. The molecule has 0 spiro atoms. The van der Waals surface area contributed by atoms with Gasteiger partial charge in [0.2, 0.25) is 5.91 Å². The molecule has 1 aromatic carbocycles. The van der Waals surface area contributed by atoms with Crippen LogP contribution in [0.2, 0.25) is 0 Å². The van der Waals surface area contributed by atoms with Crippen LogP contribution in [-0.2, 0) is 15.6 Å². The molecule has 2 aliphatic heterocycles. The predicted octanol–water partition coefficient (Wildman–Crippen LogP) is 2.44. The minimum absolute atomic E-state index is 0.183. The molecule has 1 amide bonds. The van der Waals surface area contributed by atoms with E-state index in [1.807, 2.05) is 0 Å². The topological polar surface area (TPSA) is 70.1 Å². The lowest BCUT2D eigenvalue weighted by Crippen LogP contribution is -2.59. The number of hydrogen-bond acceptors (Lipinski definition) is 5. The van der Waals surface area contributed by atoms with Gasteiger partial charge in [0, 0.05) is 30.1 Å². The second-order valence-corrected chi connectivity index (χ2v) is 10.2. The normalized spacial score (nSPS) is 28.1. The summed E-state index contributed by atoms with van der Waals surface area (Å²) in [5.74, 6) is 0.737. The van der Waals surface area contributed by atoms with Crippen molar-refractivity contribution in [3.05, 3.63) is 23.8 Å². The van der Waals surface area contributed by atoms with Crippen molar-refractivity contribution in [2.75, 3.05) is 26.2 Å². The van der Waals surface area contributed by atoms with E-state index in [2.05, 4.69) is 4.90 Å². The van der Waals surface area contributed by atoms with Crippen molar-refractivity contribution in [3.8, 4) is 5.75 Å². The van der Waals surface area contributed by atoms with Crippen LogP contribution in [0.25, 0.3) is 0 Å². The van der Waals surface area contributed by atoms with E-state index in [1.54, 1.807) is 13.8 Å². The molecule has 4 rings (SSSR count). The van der Waals surface area contributed by atoms with Crippen LogP contribution in [-0.4, -0.2) is 68.4 Å². The Morgan fingerprint density at radius 2 is 1.97 bits per heavy atom. The first kappa shape index (κ1) is 21.6. The molecule has 1 saturated heterocycles. The summed E-state index contributed by atoms with van der Waals surface area (Å²) in [7, 11) is -3.21. The molecule has 1 saturated carbocycles. The van der Waals surface area contributed by atoms with Crippen molar-refractivity contribution in [2.45, 2.75) is 54.8 Å². The highest BCUT2D eigenvalue weighted by molar-refractivity contribution is 7.86. The Morgan fingerprint density at radius 3 is 2.57 bits per heavy atom. The lowest BCUT2D eigenvalue weighted by Gasteiger charge is -2.48. The van der Waals surface area contributed by atoms with E-state index in [4.69, 9.17) is 4.74 Å². The Bertz CT molecular complexity index is 872. The van der Waals surface area contributed by atoms with Gasteiger partial charge in [-0.15, -0.1) is 0 Å². The molecule has 2 fully saturated rings. The van der Waals surface area contributed by atoms with Crippen LogP contribution in [0.15, 0.2) is 23.1 Å². The van der Waals surface area contributed by atoms with Gasteiger partial charge in [-0.1, -0.05) is 0 Å². The largest absolute Gasteiger partial charge is 0.485 e. The van der Waals surface area contributed by atoms with Gasteiger partial charge in [-0.2, -0.15) is 13.2 Å². The maximum Gasteiger partial charge on any atom is 0.475 e. The zero-order chi connectivity index (χ0) is 21.8. The van der Waals surface area contributed by atoms with E-state index in [1.165, 1.54) is 23.8 Å². The van der Waals surface area contributed by atoms with Crippen molar-refractivity contribution < 1.29 is 32.0 Å². The van der Waals surface area contributed by atoms with Crippen LogP contribution in [0, 0.1) is 5.92 Å². The molecule has 6 nitrogen and oxygen atoms in total. The molecule has 30 heavy (non-hydrogen) atoms. The Balaban J connectivity index is 1.66. The fourth-order valence-electron chi connectivity index (χ4n) is 4.18. The first-order valence-corrected chi connectivity index (χ1v) is 11.1. The highest BCUT2D eigenvalue weighted by atomic mass is 32.2. The number of piperazine rings is 1. The van der Waals surface area contributed by atoms with Crippen molar-refractivity contribution in [3.63, 3.8) is 0 Å². The number of carbonyl (C=O) groups is 1. The number of aliphatic hydroxyl groups excluding tert-OH is 1. The molecule has 3 aliphatic rings. The summed E-state index contributed by atoms with van der Waals surface area (Å²) >= 11 is 0. The predicted molar refractivity (Wildman–Crippen MR) is 103 cm³/mol. The van der Waals surface area contributed by atoms with Crippen LogP contribution in [0.5, 0.6) is 5.75 Å². The smallest absolute Gasteiger partial charge is 0.475 e. The van der Waals surface area contributed by atoms with E-state index < -0.39 is 39.0 Å². The number of carbonyl (C=O) groups excluding carboxylic acids is 1. The van der Waals surface area contributed by atoms with E-state index in [-0.39, 0.29) is 23.8 Å². The highest BCUT2D eigenvalue weighted by Crippen LogP contribution is 2.44. The van der Waals surface area contributed by atoms with Gasteiger partial charge in [0.05, 0.1) is 12.6 Å². The first-order valence-electron chi connectivity index (χ1n) is 9.99. The zero-order valence-electron chi connectivity index (χ0n) is 16.8. The van der Waals surface area contributed by atoms with Gasteiger partial charge >= 0.3 is 5.51 Å². The fraction of sp³-hybridized carbons (Fsp3) is 0.650. The summed E-state index contributed by atoms with van der Waals surface area (Å²) in [6, 6.07) is 2.72. The van der Waals surface area contributed by atoms with E-state index in [0.29, 0.717) is 19.0 Å². The number of benzene rings is 1. The maximum atomic E-state index is 13.0. The van der Waals surface area contributed by atoms with Crippen LogP contribution >= 0.6 is 0 Å². The second kappa shape index (κ2) is 7.49. The molecule has 0 aromatic heterocycles. The summed E-state index contributed by atoms with van der Waals surface area (Å²) in [4.78, 5) is 16.1. The maximum absolute atomic E-state index is 13.0. The lowest BCUT2D eigenvalue weighted by molar-refractivity contribution is -0.150. The minimum atomic E-state index is -4.90. The van der Waals surface area contributed by atoms with Crippen molar-refractivity contribution in [1.29, 1.82) is 0 Å². The van der Waals surface area contributed by atoms with Gasteiger partial charge < -0.3 is 14.7 Å². The monoisotopic (exact) mass is 446 g/mol. The molecule has 10 heteroatoms. The summed E-state index contributed by atoms with van der Waals surface area (Å²) in [6.45, 7) is 5.41. The summed E-state index contributed by atoms with van der Waals surface area (Å²) in [5, 5.41) is 11.0. The Hall–Kier alpha value is -1.65. The first-order chi connectivity index (χ1) is 14.0. The van der Waals surface area contributed by atoms with E-state index in [9.17, 15) is 27.3 Å². The van der Waals surface area contributed by atoms with Crippen molar-refractivity contribution in [1.82, 2.24) is 9.80 Å². The van der Waals surface area contributed by atoms with Gasteiger partial charge in [0.25, 0.3) is 0 Å². The fourth-order valence-corrected chi connectivity index (χ4v) is 4.88. The van der Waals surface area contributed by atoms with Gasteiger partial charge in [-0.3, -0.25) is 9.69 Å². The van der Waals surface area contributed by atoms with E-state index >= 15 is 0 Å². The number of nitrogens with zero attached hydrogens (tertiary/aromatic N) is 2. The molecule has 1 N–H and O–H groups in total. The number of fused-ring (bicyclic) bond motifs is 1. The van der Waals surface area contributed by atoms with Crippen LogP contribution in [0.1, 0.15) is 38.3 Å². The van der Waals surface area contributed by atoms with Gasteiger partial charge in [-0.25, -0.2) is 4.21 Å². The average molecular weight is 446 g/mol. The molecular weight excluding hydrogens is 421 g/mol. The summed E-state index contributed by atoms with van der Waals surface area (Å²) in [5.41, 5.74) is -5.70. The van der Waals surface area contributed by atoms with Gasteiger partial charge in [-0.05, 0) is 50.8 Å². The van der Waals surface area contributed by atoms with Gasteiger partial charge in [0.15, 0.2) is 10.8 Å². The highest BCUT2D eigenvalue weighted by Gasteiger charge is 2.48. The standard InChI is InChI=1S/C20H25F3N2O4S/c1-19(2)18(27)17(25-8-7-24(11-16(25)26)10-12-3-4-12)14-9-13(5-6-15(14)29-19)30(28)20(21,22)23/h5-6,9,12,17-18,27H,3-4,7-8,10-11H2,1-2H3/t17-,18+,30?/m0/s1. The number of halogens is 3. The van der Waals surface area contributed by atoms with E-state index in [0.717, 1.165) is 18.7 Å². The minimum Gasteiger partial charge on any atom is -0.485 e.